The lowest BCUT2D eigenvalue weighted by atomic mass is 9.94. The average Bonchev–Trinajstić information content (AvgIpc) is 3.08. The monoisotopic (exact) mass is 264 g/mol. The summed E-state index contributed by atoms with van der Waals surface area (Å²) >= 11 is 1.81. The van der Waals surface area contributed by atoms with Gasteiger partial charge in [-0.3, -0.25) is 4.79 Å². The molecule has 3 rings (SSSR count). The molecule has 2 aliphatic carbocycles. The van der Waals surface area contributed by atoms with Crippen LogP contribution in [0, 0.1) is 5.92 Å². The fourth-order valence-corrected chi connectivity index (χ4v) is 3.78. The number of aryl methyl sites for hydroxylation is 1. The largest absolute Gasteiger partial charge is 0.349 e. The summed E-state index contributed by atoms with van der Waals surface area (Å²) in [7, 11) is 0. The van der Waals surface area contributed by atoms with Crippen LogP contribution in [0.2, 0.25) is 0 Å². The smallest absolute Gasteiger partial charge is 0.222 e. The Bertz CT molecular complexity index is 439. The van der Waals surface area contributed by atoms with E-state index >= 15 is 0 Å². The van der Waals surface area contributed by atoms with Gasteiger partial charge in [-0.15, -0.1) is 11.3 Å². The first-order valence-electron chi connectivity index (χ1n) is 6.85. The molecule has 2 atom stereocenters. The Labute approximate surface area is 112 Å². The summed E-state index contributed by atoms with van der Waals surface area (Å²) in [5.41, 5.74) is 7.33. The van der Waals surface area contributed by atoms with Gasteiger partial charge in [-0.1, -0.05) is 0 Å². The van der Waals surface area contributed by atoms with E-state index in [1.54, 1.807) is 0 Å². The topological polar surface area (TPSA) is 55.1 Å². The van der Waals surface area contributed by atoms with Crippen molar-refractivity contribution < 1.29 is 4.79 Å². The Morgan fingerprint density at radius 3 is 3.11 bits per heavy atom. The molecule has 3 N–H and O–H groups in total. The number of amides is 1. The molecule has 0 aliphatic heterocycles. The Morgan fingerprint density at radius 2 is 2.33 bits per heavy atom. The zero-order valence-corrected chi connectivity index (χ0v) is 11.3. The lowest BCUT2D eigenvalue weighted by Crippen LogP contribution is -2.35. The van der Waals surface area contributed by atoms with Gasteiger partial charge in [-0.2, -0.15) is 0 Å². The fourth-order valence-electron chi connectivity index (χ4n) is 2.79. The normalized spacial score (nSPS) is 24.4. The van der Waals surface area contributed by atoms with Crippen LogP contribution < -0.4 is 11.1 Å². The first-order valence-corrected chi connectivity index (χ1v) is 7.73. The first kappa shape index (κ1) is 12.2. The number of hydrogen-bond donors (Lipinski definition) is 2. The Balaban J connectivity index is 1.58. The summed E-state index contributed by atoms with van der Waals surface area (Å²) in [5.74, 6) is 0.720. The minimum atomic E-state index is 0.0653. The number of carbonyl (C=O) groups excluding carboxylic acids is 1. The van der Waals surface area contributed by atoms with Gasteiger partial charge < -0.3 is 11.1 Å². The SMILES string of the molecule is NC(CC(=O)NC1CCCc2sccc21)C1CC1. The summed E-state index contributed by atoms with van der Waals surface area (Å²) in [6.45, 7) is 0. The minimum Gasteiger partial charge on any atom is -0.349 e. The number of rotatable bonds is 4. The van der Waals surface area contributed by atoms with Crippen LogP contribution in [-0.4, -0.2) is 11.9 Å². The van der Waals surface area contributed by atoms with Crippen LogP contribution in [0.4, 0.5) is 0 Å². The van der Waals surface area contributed by atoms with Crippen LogP contribution in [-0.2, 0) is 11.2 Å². The summed E-state index contributed by atoms with van der Waals surface area (Å²) in [5, 5.41) is 5.29. The van der Waals surface area contributed by atoms with E-state index in [4.69, 9.17) is 5.73 Å². The summed E-state index contributed by atoms with van der Waals surface area (Å²) in [6.07, 6.45) is 6.29. The predicted octanol–water partition coefficient (Wildman–Crippen LogP) is 2.37. The molecule has 1 saturated carbocycles. The van der Waals surface area contributed by atoms with Crippen LogP contribution in [0.25, 0.3) is 0 Å². The first-order chi connectivity index (χ1) is 8.74. The highest BCUT2D eigenvalue weighted by Crippen LogP contribution is 2.34. The molecule has 2 aliphatic rings. The summed E-state index contributed by atoms with van der Waals surface area (Å²) in [6, 6.07) is 2.44. The van der Waals surface area contributed by atoms with Crippen LogP contribution in [0.5, 0.6) is 0 Å². The maximum Gasteiger partial charge on any atom is 0.222 e. The Hall–Kier alpha value is -0.870. The van der Waals surface area contributed by atoms with Gasteiger partial charge >= 0.3 is 0 Å². The quantitative estimate of drug-likeness (QED) is 0.877. The average molecular weight is 264 g/mol. The molecule has 0 aromatic carbocycles. The molecule has 4 heteroatoms. The molecule has 0 saturated heterocycles. The highest BCUT2D eigenvalue weighted by Gasteiger charge is 2.30. The van der Waals surface area contributed by atoms with Gasteiger partial charge in [0.25, 0.3) is 0 Å². The van der Waals surface area contributed by atoms with E-state index in [0.717, 1.165) is 6.42 Å². The van der Waals surface area contributed by atoms with Crippen LogP contribution in [0.1, 0.15) is 48.6 Å². The second-order valence-electron chi connectivity index (χ2n) is 5.52. The third-order valence-electron chi connectivity index (χ3n) is 4.04. The van der Waals surface area contributed by atoms with Crippen molar-refractivity contribution in [1.82, 2.24) is 5.32 Å². The molecule has 0 spiro atoms. The molecule has 1 aromatic rings. The molecule has 0 radical (unpaired) electrons. The van der Waals surface area contributed by atoms with Gasteiger partial charge in [0.1, 0.15) is 0 Å². The van der Waals surface area contributed by atoms with Gasteiger partial charge in [-0.25, -0.2) is 0 Å². The second kappa shape index (κ2) is 5.02. The number of carbonyl (C=O) groups is 1. The number of nitrogens with one attached hydrogen (secondary N) is 1. The molecule has 98 valence electrons. The molecule has 1 fully saturated rings. The van der Waals surface area contributed by atoms with Crippen LogP contribution >= 0.6 is 11.3 Å². The van der Waals surface area contributed by atoms with Crippen molar-refractivity contribution in [2.75, 3.05) is 0 Å². The number of hydrogen-bond acceptors (Lipinski definition) is 3. The Kier molecular flexibility index (Phi) is 3.39. The Morgan fingerprint density at radius 1 is 1.50 bits per heavy atom. The maximum atomic E-state index is 12.0. The van der Waals surface area contributed by atoms with E-state index in [9.17, 15) is 4.79 Å². The second-order valence-corrected chi connectivity index (χ2v) is 6.52. The van der Waals surface area contributed by atoms with Crippen molar-refractivity contribution in [3.63, 3.8) is 0 Å². The fraction of sp³-hybridized carbons (Fsp3) is 0.643. The van der Waals surface area contributed by atoms with Gasteiger partial charge in [0.05, 0.1) is 6.04 Å². The molecule has 1 heterocycles. The van der Waals surface area contributed by atoms with Crippen molar-refractivity contribution in [2.24, 2.45) is 11.7 Å². The van der Waals surface area contributed by atoms with Crippen molar-refractivity contribution in [1.29, 1.82) is 0 Å². The van der Waals surface area contributed by atoms with E-state index < -0.39 is 0 Å². The zero-order valence-electron chi connectivity index (χ0n) is 10.5. The molecule has 18 heavy (non-hydrogen) atoms. The number of nitrogens with two attached hydrogens (primary N) is 1. The molecular formula is C14H20N2OS. The van der Waals surface area contributed by atoms with Crippen molar-refractivity contribution in [3.05, 3.63) is 21.9 Å². The molecule has 1 amide bonds. The van der Waals surface area contributed by atoms with Gasteiger partial charge in [-0.05, 0) is 55.0 Å². The van der Waals surface area contributed by atoms with Gasteiger partial charge in [0.2, 0.25) is 5.91 Å². The van der Waals surface area contributed by atoms with Crippen LogP contribution in [0.3, 0.4) is 0 Å². The number of thiophene rings is 1. The molecule has 0 bridgehead atoms. The van der Waals surface area contributed by atoms with Crippen molar-refractivity contribution in [2.45, 2.75) is 50.6 Å². The van der Waals surface area contributed by atoms with E-state index in [0.29, 0.717) is 12.3 Å². The maximum absolute atomic E-state index is 12.0. The van der Waals surface area contributed by atoms with E-state index in [-0.39, 0.29) is 18.0 Å². The van der Waals surface area contributed by atoms with Crippen molar-refractivity contribution >= 4 is 17.2 Å². The predicted molar refractivity (Wildman–Crippen MR) is 73.5 cm³/mol. The van der Waals surface area contributed by atoms with Crippen LogP contribution in [0.15, 0.2) is 11.4 Å². The standard InChI is InChI=1S/C14H20N2OS/c15-11(9-4-5-9)8-14(17)16-12-2-1-3-13-10(12)6-7-18-13/h6-7,9,11-12H,1-5,8,15H2,(H,16,17). The highest BCUT2D eigenvalue weighted by molar-refractivity contribution is 7.10. The lowest BCUT2D eigenvalue weighted by molar-refractivity contribution is -0.122. The summed E-state index contributed by atoms with van der Waals surface area (Å²) < 4.78 is 0. The lowest BCUT2D eigenvalue weighted by Gasteiger charge is -2.24. The molecular weight excluding hydrogens is 244 g/mol. The van der Waals surface area contributed by atoms with E-state index in [2.05, 4.69) is 16.8 Å². The van der Waals surface area contributed by atoms with Gasteiger partial charge in [0.15, 0.2) is 0 Å². The van der Waals surface area contributed by atoms with E-state index in [1.807, 2.05) is 11.3 Å². The molecule has 3 nitrogen and oxygen atoms in total. The molecule has 1 aromatic heterocycles. The minimum absolute atomic E-state index is 0.0653. The highest BCUT2D eigenvalue weighted by atomic mass is 32.1. The number of fused-ring (bicyclic) bond motifs is 1. The molecule has 2 unspecified atom stereocenters. The van der Waals surface area contributed by atoms with E-state index in [1.165, 1.54) is 36.1 Å². The third-order valence-corrected chi connectivity index (χ3v) is 5.03. The third kappa shape index (κ3) is 2.59. The zero-order chi connectivity index (χ0) is 12.5. The van der Waals surface area contributed by atoms with Crippen molar-refractivity contribution in [3.8, 4) is 0 Å². The van der Waals surface area contributed by atoms with Gasteiger partial charge in [0, 0.05) is 17.3 Å². The summed E-state index contributed by atoms with van der Waals surface area (Å²) in [4.78, 5) is 13.4.